The Labute approximate surface area is 116 Å². The maximum absolute atomic E-state index is 6.04. The number of halogens is 1. The zero-order valence-corrected chi connectivity index (χ0v) is 11.8. The largest absolute Gasteiger partial charge is 0.308 e. The summed E-state index contributed by atoms with van der Waals surface area (Å²) < 4.78 is 0. The molecule has 94 valence electrons. The van der Waals surface area contributed by atoms with Gasteiger partial charge >= 0.3 is 0 Å². The molecule has 2 nitrogen and oxygen atoms in total. The first-order valence-electron chi connectivity index (χ1n) is 6.20. The van der Waals surface area contributed by atoms with Gasteiger partial charge in [0.1, 0.15) is 5.01 Å². The summed E-state index contributed by atoms with van der Waals surface area (Å²) in [6.07, 6.45) is 2.44. The first-order chi connectivity index (χ1) is 8.74. The van der Waals surface area contributed by atoms with Gasteiger partial charge in [-0.25, -0.2) is 4.98 Å². The van der Waals surface area contributed by atoms with Crippen LogP contribution >= 0.6 is 22.9 Å². The number of benzene rings is 1. The lowest BCUT2D eigenvalue weighted by atomic mass is 10.1. The number of hydrogen-bond donors (Lipinski definition) is 1. The fourth-order valence-corrected chi connectivity index (χ4v) is 3.61. The van der Waals surface area contributed by atoms with Crippen LogP contribution in [-0.4, -0.2) is 11.5 Å². The van der Waals surface area contributed by atoms with E-state index >= 15 is 0 Å². The second-order valence-electron chi connectivity index (χ2n) is 4.62. The second-order valence-corrected chi connectivity index (χ2v) is 6.29. The van der Waals surface area contributed by atoms with Gasteiger partial charge in [-0.3, -0.25) is 0 Å². The standard InChI is InChI=1S/C14H15ClN2S/c1-9-13(10-4-2-5-11(15)8-10)17-14(18-9)12-6-3-7-16-12/h2,4-5,8,12,16H,3,6-7H2,1H3. The van der Waals surface area contributed by atoms with Crippen molar-refractivity contribution in [2.45, 2.75) is 25.8 Å². The van der Waals surface area contributed by atoms with Gasteiger partial charge in [0.2, 0.25) is 0 Å². The van der Waals surface area contributed by atoms with E-state index in [9.17, 15) is 0 Å². The van der Waals surface area contributed by atoms with E-state index in [1.54, 1.807) is 11.3 Å². The maximum Gasteiger partial charge on any atom is 0.111 e. The van der Waals surface area contributed by atoms with Crippen molar-refractivity contribution in [1.82, 2.24) is 10.3 Å². The summed E-state index contributed by atoms with van der Waals surface area (Å²) in [4.78, 5) is 6.07. The molecule has 1 aromatic carbocycles. The summed E-state index contributed by atoms with van der Waals surface area (Å²) in [6, 6.07) is 8.37. The third-order valence-electron chi connectivity index (χ3n) is 3.27. The van der Waals surface area contributed by atoms with E-state index in [4.69, 9.17) is 16.6 Å². The molecule has 0 aliphatic carbocycles. The summed E-state index contributed by atoms with van der Waals surface area (Å²) in [7, 11) is 0. The molecule has 18 heavy (non-hydrogen) atoms. The zero-order valence-electron chi connectivity index (χ0n) is 10.2. The number of hydrogen-bond acceptors (Lipinski definition) is 3. The van der Waals surface area contributed by atoms with Crippen molar-refractivity contribution >= 4 is 22.9 Å². The molecule has 2 aromatic rings. The maximum atomic E-state index is 6.04. The van der Waals surface area contributed by atoms with Crippen LogP contribution in [0.1, 0.15) is 28.8 Å². The number of nitrogens with one attached hydrogen (secondary N) is 1. The molecular formula is C14H15ClN2S. The van der Waals surface area contributed by atoms with Crippen LogP contribution in [0, 0.1) is 6.92 Å². The smallest absolute Gasteiger partial charge is 0.111 e. The lowest BCUT2D eigenvalue weighted by Gasteiger charge is -2.04. The SMILES string of the molecule is Cc1sc(C2CCCN2)nc1-c1cccc(Cl)c1. The van der Waals surface area contributed by atoms with E-state index in [1.807, 2.05) is 18.2 Å². The van der Waals surface area contributed by atoms with Crippen LogP contribution in [0.4, 0.5) is 0 Å². The molecule has 1 aliphatic rings. The molecule has 0 spiro atoms. The Kier molecular flexibility index (Phi) is 3.37. The number of nitrogens with zero attached hydrogens (tertiary/aromatic N) is 1. The molecule has 0 radical (unpaired) electrons. The summed E-state index contributed by atoms with van der Waals surface area (Å²) in [5.74, 6) is 0. The van der Waals surface area contributed by atoms with Crippen molar-refractivity contribution in [3.8, 4) is 11.3 Å². The van der Waals surface area contributed by atoms with E-state index < -0.39 is 0 Å². The van der Waals surface area contributed by atoms with E-state index in [-0.39, 0.29) is 0 Å². The van der Waals surface area contributed by atoms with E-state index in [1.165, 1.54) is 22.7 Å². The quantitative estimate of drug-likeness (QED) is 0.891. The van der Waals surface area contributed by atoms with Crippen LogP contribution in [0.3, 0.4) is 0 Å². The van der Waals surface area contributed by atoms with Crippen molar-refractivity contribution in [2.24, 2.45) is 0 Å². The molecule has 1 saturated heterocycles. The summed E-state index contributed by atoms with van der Waals surface area (Å²) in [5.41, 5.74) is 2.19. The minimum atomic E-state index is 0.446. The molecule has 1 atom stereocenters. The highest BCUT2D eigenvalue weighted by Crippen LogP contribution is 2.34. The van der Waals surface area contributed by atoms with Crippen LogP contribution in [0.25, 0.3) is 11.3 Å². The Morgan fingerprint density at radius 3 is 3.06 bits per heavy atom. The predicted octanol–water partition coefficient (Wildman–Crippen LogP) is 4.20. The van der Waals surface area contributed by atoms with E-state index in [0.29, 0.717) is 6.04 Å². The molecule has 2 heterocycles. The highest BCUT2D eigenvalue weighted by atomic mass is 35.5. The van der Waals surface area contributed by atoms with Crippen molar-refractivity contribution in [3.63, 3.8) is 0 Å². The summed E-state index contributed by atoms with van der Waals surface area (Å²) in [6.45, 7) is 3.24. The number of rotatable bonds is 2. The normalized spacial score (nSPS) is 19.3. The van der Waals surface area contributed by atoms with Crippen LogP contribution < -0.4 is 5.32 Å². The highest BCUT2D eigenvalue weighted by Gasteiger charge is 2.21. The lowest BCUT2D eigenvalue weighted by Crippen LogP contribution is -2.12. The van der Waals surface area contributed by atoms with Gasteiger partial charge in [-0.1, -0.05) is 23.7 Å². The van der Waals surface area contributed by atoms with Gasteiger partial charge in [-0.15, -0.1) is 11.3 Å². The van der Waals surface area contributed by atoms with Crippen molar-refractivity contribution in [3.05, 3.63) is 39.2 Å². The van der Waals surface area contributed by atoms with Crippen LogP contribution in [-0.2, 0) is 0 Å². The van der Waals surface area contributed by atoms with Crippen molar-refractivity contribution < 1.29 is 0 Å². The number of aromatic nitrogens is 1. The molecule has 1 fully saturated rings. The molecule has 0 amide bonds. The Balaban J connectivity index is 1.97. The molecule has 1 unspecified atom stereocenters. The Hall–Kier alpha value is -0.900. The lowest BCUT2D eigenvalue weighted by molar-refractivity contribution is 0.643. The average Bonchev–Trinajstić information content (AvgIpc) is 2.97. The fraction of sp³-hybridized carbons (Fsp3) is 0.357. The van der Waals surface area contributed by atoms with Crippen molar-refractivity contribution in [1.29, 1.82) is 0 Å². The van der Waals surface area contributed by atoms with Gasteiger partial charge in [-0.05, 0) is 38.4 Å². The number of thiazole rings is 1. The fourth-order valence-electron chi connectivity index (χ4n) is 2.36. The molecule has 0 saturated carbocycles. The summed E-state index contributed by atoms with van der Waals surface area (Å²) >= 11 is 7.84. The molecule has 1 N–H and O–H groups in total. The van der Waals surface area contributed by atoms with Gasteiger partial charge < -0.3 is 5.32 Å². The van der Waals surface area contributed by atoms with Gasteiger partial charge in [0.05, 0.1) is 11.7 Å². The Bertz CT molecular complexity index is 559. The first-order valence-corrected chi connectivity index (χ1v) is 7.40. The van der Waals surface area contributed by atoms with Gasteiger partial charge in [-0.2, -0.15) is 0 Å². The van der Waals surface area contributed by atoms with E-state index in [0.717, 1.165) is 22.8 Å². The zero-order chi connectivity index (χ0) is 12.5. The van der Waals surface area contributed by atoms with E-state index in [2.05, 4.69) is 18.3 Å². The minimum absolute atomic E-state index is 0.446. The highest BCUT2D eigenvalue weighted by molar-refractivity contribution is 7.12. The molecule has 4 heteroatoms. The topological polar surface area (TPSA) is 24.9 Å². The Morgan fingerprint density at radius 1 is 1.44 bits per heavy atom. The molecule has 1 aromatic heterocycles. The molecule has 3 rings (SSSR count). The van der Waals surface area contributed by atoms with Gasteiger partial charge in [0.25, 0.3) is 0 Å². The molecule has 1 aliphatic heterocycles. The summed E-state index contributed by atoms with van der Waals surface area (Å²) in [5, 5.41) is 5.47. The average molecular weight is 279 g/mol. The van der Waals surface area contributed by atoms with Crippen LogP contribution in [0.2, 0.25) is 5.02 Å². The second kappa shape index (κ2) is 5.00. The van der Waals surface area contributed by atoms with Gasteiger partial charge in [0.15, 0.2) is 0 Å². The first kappa shape index (κ1) is 12.2. The third-order valence-corrected chi connectivity index (χ3v) is 4.59. The van der Waals surface area contributed by atoms with Gasteiger partial charge in [0, 0.05) is 15.5 Å². The number of aryl methyl sites for hydroxylation is 1. The minimum Gasteiger partial charge on any atom is -0.308 e. The predicted molar refractivity (Wildman–Crippen MR) is 77.3 cm³/mol. The Morgan fingerprint density at radius 2 is 2.33 bits per heavy atom. The van der Waals surface area contributed by atoms with Crippen molar-refractivity contribution in [2.75, 3.05) is 6.54 Å². The molecular weight excluding hydrogens is 264 g/mol. The van der Waals surface area contributed by atoms with Crippen LogP contribution in [0.15, 0.2) is 24.3 Å². The third kappa shape index (κ3) is 2.30. The van der Waals surface area contributed by atoms with Crippen LogP contribution in [0.5, 0.6) is 0 Å². The molecule has 0 bridgehead atoms. The monoisotopic (exact) mass is 278 g/mol.